The molecule has 2 heterocycles. The van der Waals surface area contributed by atoms with Crippen molar-refractivity contribution in [1.29, 1.82) is 0 Å². The number of aromatic nitrogens is 2. The van der Waals surface area contributed by atoms with Crippen LogP contribution in [0.4, 0.5) is 0 Å². The third-order valence-corrected chi connectivity index (χ3v) is 2.95. The Labute approximate surface area is 99.8 Å². The molecule has 1 saturated heterocycles. The van der Waals surface area contributed by atoms with Crippen molar-refractivity contribution in [3.8, 4) is 0 Å². The van der Waals surface area contributed by atoms with Gasteiger partial charge in [-0.3, -0.25) is 4.90 Å². The van der Waals surface area contributed by atoms with Crippen LogP contribution in [0, 0.1) is 0 Å². The smallest absolute Gasteiger partial charge is 0.329 e. The molecule has 0 amide bonds. The number of aliphatic carboxylic acids is 1. The Hall–Kier alpha value is -1.40. The number of nitrogens with zero attached hydrogens (tertiary/aromatic N) is 3. The number of aryl methyl sites for hydroxylation is 1. The molecule has 0 saturated carbocycles. The highest BCUT2D eigenvalue weighted by atomic mass is 16.5. The van der Waals surface area contributed by atoms with Crippen molar-refractivity contribution in [3.05, 3.63) is 18.2 Å². The third-order valence-electron chi connectivity index (χ3n) is 2.95. The van der Waals surface area contributed by atoms with Gasteiger partial charge in [0.1, 0.15) is 12.4 Å². The molecule has 17 heavy (non-hydrogen) atoms. The van der Waals surface area contributed by atoms with Gasteiger partial charge in [0, 0.05) is 32.5 Å². The second-order valence-corrected chi connectivity index (χ2v) is 4.73. The molecule has 2 rings (SSSR count). The molecule has 94 valence electrons. The molecule has 1 aliphatic heterocycles. The van der Waals surface area contributed by atoms with E-state index in [1.54, 1.807) is 6.20 Å². The van der Waals surface area contributed by atoms with Gasteiger partial charge in [-0.15, -0.1) is 0 Å². The van der Waals surface area contributed by atoms with E-state index >= 15 is 0 Å². The highest BCUT2D eigenvalue weighted by Crippen LogP contribution is 2.25. The number of carboxylic acids is 1. The average molecular weight is 239 g/mol. The molecule has 6 nitrogen and oxygen atoms in total. The van der Waals surface area contributed by atoms with Gasteiger partial charge in [0.15, 0.2) is 0 Å². The Morgan fingerprint density at radius 2 is 2.35 bits per heavy atom. The molecular weight excluding hydrogens is 222 g/mol. The van der Waals surface area contributed by atoms with Crippen LogP contribution in [-0.2, 0) is 23.1 Å². The number of ether oxygens (including phenoxy) is 1. The van der Waals surface area contributed by atoms with Crippen LogP contribution < -0.4 is 0 Å². The van der Waals surface area contributed by atoms with Gasteiger partial charge in [0.25, 0.3) is 0 Å². The first-order valence-electron chi connectivity index (χ1n) is 5.53. The van der Waals surface area contributed by atoms with E-state index in [0.29, 0.717) is 0 Å². The highest BCUT2D eigenvalue weighted by molar-refractivity contribution is 5.68. The third kappa shape index (κ3) is 2.83. The van der Waals surface area contributed by atoms with Crippen LogP contribution in [0.1, 0.15) is 12.7 Å². The number of carbonyl (C=O) groups is 1. The van der Waals surface area contributed by atoms with E-state index in [1.165, 1.54) is 0 Å². The maximum absolute atomic E-state index is 10.4. The Bertz CT molecular complexity index is 410. The van der Waals surface area contributed by atoms with E-state index in [0.717, 1.165) is 25.5 Å². The fourth-order valence-electron chi connectivity index (χ4n) is 2.09. The van der Waals surface area contributed by atoms with Gasteiger partial charge < -0.3 is 14.4 Å². The summed E-state index contributed by atoms with van der Waals surface area (Å²) in [7, 11) is 1.96. The number of rotatable bonds is 5. The summed E-state index contributed by atoms with van der Waals surface area (Å²) in [4.78, 5) is 16.8. The second-order valence-electron chi connectivity index (χ2n) is 4.73. The first-order valence-corrected chi connectivity index (χ1v) is 5.53. The number of hydrogen-bond acceptors (Lipinski definition) is 4. The molecule has 0 aliphatic carbocycles. The molecule has 0 spiro atoms. The fourth-order valence-corrected chi connectivity index (χ4v) is 2.09. The van der Waals surface area contributed by atoms with Gasteiger partial charge in [-0.2, -0.15) is 0 Å². The Morgan fingerprint density at radius 1 is 1.65 bits per heavy atom. The molecular formula is C11H17N3O3. The molecule has 1 fully saturated rings. The van der Waals surface area contributed by atoms with Crippen LogP contribution in [0.25, 0.3) is 0 Å². The average Bonchev–Trinajstić information content (AvgIpc) is 2.59. The number of hydrogen-bond donors (Lipinski definition) is 1. The highest BCUT2D eigenvalue weighted by Gasteiger charge is 2.40. The molecule has 0 unspecified atom stereocenters. The summed E-state index contributed by atoms with van der Waals surface area (Å²) in [5, 5.41) is 8.55. The van der Waals surface area contributed by atoms with E-state index < -0.39 is 5.97 Å². The first-order chi connectivity index (χ1) is 7.98. The molecule has 1 aliphatic rings. The van der Waals surface area contributed by atoms with Gasteiger partial charge in [-0.25, -0.2) is 9.78 Å². The lowest BCUT2D eigenvalue weighted by atomic mass is 9.96. The predicted octanol–water partition coefficient (Wildman–Crippen LogP) is 0.0956. The Balaban J connectivity index is 1.78. The molecule has 0 bridgehead atoms. The van der Waals surface area contributed by atoms with Gasteiger partial charge in [0.05, 0.1) is 12.1 Å². The molecule has 0 aromatic carbocycles. The summed E-state index contributed by atoms with van der Waals surface area (Å²) in [5.74, 6) is 0.0825. The minimum absolute atomic E-state index is 0.229. The Kier molecular flexibility index (Phi) is 3.17. The lowest BCUT2D eigenvalue weighted by Crippen LogP contribution is -2.61. The van der Waals surface area contributed by atoms with Crippen molar-refractivity contribution in [1.82, 2.24) is 14.5 Å². The molecule has 0 radical (unpaired) electrons. The van der Waals surface area contributed by atoms with E-state index in [4.69, 9.17) is 9.84 Å². The number of imidazole rings is 1. The summed E-state index contributed by atoms with van der Waals surface area (Å²) in [6, 6.07) is 0. The minimum Gasteiger partial charge on any atom is -0.480 e. The first kappa shape index (κ1) is 12.1. The normalized spacial score (nSPS) is 18.9. The van der Waals surface area contributed by atoms with E-state index in [-0.39, 0.29) is 12.2 Å². The molecule has 0 atom stereocenters. The molecule has 1 aromatic heterocycles. The number of likely N-dealkylation sites (tertiary alicyclic amines) is 1. The zero-order valence-electron chi connectivity index (χ0n) is 10.1. The van der Waals surface area contributed by atoms with Crippen LogP contribution in [0.5, 0.6) is 0 Å². The van der Waals surface area contributed by atoms with Crippen LogP contribution in [0.3, 0.4) is 0 Å². The topological polar surface area (TPSA) is 67.6 Å². The lowest BCUT2D eigenvalue weighted by molar-refractivity contribution is -0.166. The van der Waals surface area contributed by atoms with Gasteiger partial charge in [-0.05, 0) is 6.92 Å². The summed E-state index contributed by atoms with van der Waals surface area (Å²) < 4.78 is 7.32. The van der Waals surface area contributed by atoms with Gasteiger partial charge in [0.2, 0.25) is 0 Å². The largest absolute Gasteiger partial charge is 0.480 e. The fraction of sp³-hybridized carbons (Fsp3) is 0.636. The molecule has 1 N–H and O–H groups in total. The summed E-state index contributed by atoms with van der Waals surface area (Å²) in [6.45, 7) is 3.97. The minimum atomic E-state index is -0.922. The standard InChI is InChI=1S/C11H17N3O3/c1-11(17-6-10(15)16)7-14(8-11)5-9-12-3-4-13(9)2/h3-4H,5-8H2,1-2H3,(H,15,16). The van der Waals surface area contributed by atoms with Crippen LogP contribution >= 0.6 is 0 Å². The van der Waals surface area contributed by atoms with Crippen molar-refractivity contribution in [2.45, 2.75) is 19.1 Å². The van der Waals surface area contributed by atoms with E-state index in [2.05, 4.69) is 9.88 Å². The SMILES string of the molecule is Cn1ccnc1CN1CC(C)(OCC(=O)O)C1. The number of carboxylic acid groups (broad SMARTS) is 1. The van der Waals surface area contributed by atoms with Crippen LogP contribution in [0.2, 0.25) is 0 Å². The van der Waals surface area contributed by atoms with Crippen molar-refractivity contribution >= 4 is 5.97 Å². The van der Waals surface area contributed by atoms with Crippen molar-refractivity contribution in [2.75, 3.05) is 19.7 Å². The maximum Gasteiger partial charge on any atom is 0.329 e. The Morgan fingerprint density at radius 3 is 2.88 bits per heavy atom. The summed E-state index contributed by atoms with van der Waals surface area (Å²) >= 11 is 0. The lowest BCUT2D eigenvalue weighted by Gasteiger charge is -2.47. The molecule has 1 aromatic rings. The van der Waals surface area contributed by atoms with Crippen molar-refractivity contribution in [3.63, 3.8) is 0 Å². The maximum atomic E-state index is 10.4. The quantitative estimate of drug-likeness (QED) is 0.789. The summed E-state index contributed by atoms with van der Waals surface area (Å²) in [6.07, 6.45) is 3.69. The van der Waals surface area contributed by atoms with E-state index in [9.17, 15) is 4.79 Å². The van der Waals surface area contributed by atoms with Crippen molar-refractivity contribution < 1.29 is 14.6 Å². The van der Waals surface area contributed by atoms with Crippen LogP contribution in [-0.4, -0.2) is 50.8 Å². The van der Waals surface area contributed by atoms with Gasteiger partial charge >= 0.3 is 5.97 Å². The monoisotopic (exact) mass is 239 g/mol. The zero-order valence-corrected chi connectivity index (χ0v) is 10.1. The zero-order chi connectivity index (χ0) is 12.5. The van der Waals surface area contributed by atoms with Crippen LogP contribution in [0.15, 0.2) is 12.4 Å². The predicted molar refractivity (Wildman–Crippen MR) is 60.5 cm³/mol. The second kappa shape index (κ2) is 4.46. The summed E-state index contributed by atoms with van der Waals surface area (Å²) in [5.41, 5.74) is -0.330. The molecule has 6 heteroatoms. The van der Waals surface area contributed by atoms with Crippen molar-refractivity contribution in [2.24, 2.45) is 7.05 Å². The van der Waals surface area contributed by atoms with Gasteiger partial charge in [-0.1, -0.05) is 0 Å². The van der Waals surface area contributed by atoms with E-state index in [1.807, 2.05) is 24.7 Å².